The van der Waals surface area contributed by atoms with Gasteiger partial charge in [-0.05, 0) is 30.7 Å². The fraction of sp³-hybridized carbons (Fsp3) is 0.182. The lowest BCUT2D eigenvalue weighted by Crippen LogP contribution is -2.11. The van der Waals surface area contributed by atoms with Gasteiger partial charge in [-0.15, -0.1) is 0 Å². The van der Waals surface area contributed by atoms with Gasteiger partial charge in [0, 0.05) is 11.9 Å². The molecule has 4 rings (SSSR count). The lowest BCUT2D eigenvalue weighted by Gasteiger charge is -2.12. The normalized spacial score (nSPS) is 11.0. The summed E-state index contributed by atoms with van der Waals surface area (Å²) in [6, 6.07) is 15.8. The molecular formula is C22H21N3O4. The van der Waals surface area contributed by atoms with Crippen LogP contribution in [0.15, 0.2) is 48.5 Å². The highest BCUT2D eigenvalue weighted by Crippen LogP contribution is 2.39. The van der Waals surface area contributed by atoms with E-state index in [9.17, 15) is 4.79 Å². The van der Waals surface area contributed by atoms with Gasteiger partial charge in [0.05, 0.1) is 36.5 Å². The van der Waals surface area contributed by atoms with E-state index in [1.165, 1.54) is 7.11 Å². The molecule has 0 amide bonds. The molecule has 2 N–H and O–H groups in total. The number of nitrogens with two attached hydrogens (primary N) is 1. The number of benzene rings is 2. The third kappa shape index (κ3) is 3.20. The van der Waals surface area contributed by atoms with Gasteiger partial charge in [-0.2, -0.15) is 0 Å². The highest BCUT2D eigenvalue weighted by Gasteiger charge is 2.21. The number of aryl methyl sites for hydroxylation is 1. The molecule has 2 aromatic heterocycles. The van der Waals surface area contributed by atoms with E-state index < -0.39 is 6.16 Å². The van der Waals surface area contributed by atoms with Crippen molar-refractivity contribution in [1.82, 2.24) is 9.55 Å². The van der Waals surface area contributed by atoms with Crippen LogP contribution in [-0.2, 0) is 11.3 Å². The molecule has 0 unspecified atom stereocenters. The summed E-state index contributed by atoms with van der Waals surface area (Å²) in [6.45, 7) is 2.36. The number of nitrogen functional groups attached to an aromatic ring is 1. The Kier molecular flexibility index (Phi) is 4.72. The van der Waals surface area contributed by atoms with Crippen molar-refractivity contribution in [2.75, 3.05) is 20.0 Å². The third-order valence-corrected chi connectivity index (χ3v) is 4.91. The number of methoxy groups -OCH3 is 2. The maximum atomic E-state index is 11.6. The Morgan fingerprint density at radius 1 is 1.10 bits per heavy atom. The summed E-state index contributed by atoms with van der Waals surface area (Å²) in [5.74, 6) is 1.02. The van der Waals surface area contributed by atoms with Crippen molar-refractivity contribution in [3.05, 3.63) is 59.8 Å². The average Bonchev–Trinajstić information content (AvgIpc) is 3.05. The van der Waals surface area contributed by atoms with Crippen LogP contribution in [0.3, 0.4) is 0 Å². The number of para-hydroxylation sites is 1. The van der Waals surface area contributed by atoms with Gasteiger partial charge in [0.2, 0.25) is 0 Å². The van der Waals surface area contributed by atoms with Crippen molar-refractivity contribution < 1.29 is 19.0 Å². The number of ether oxygens (including phenoxy) is 3. The van der Waals surface area contributed by atoms with E-state index in [-0.39, 0.29) is 5.75 Å². The summed E-state index contributed by atoms with van der Waals surface area (Å²) >= 11 is 0. The Hall–Kier alpha value is -3.74. The lowest BCUT2D eigenvalue weighted by molar-refractivity contribution is 0.121. The molecule has 7 nitrogen and oxygen atoms in total. The minimum atomic E-state index is -0.831. The SMILES string of the molecule is COC(=O)Oc1c(C)nc2c(c1N)c1ccccc1n2Cc1ccc(OC)cc1. The summed E-state index contributed by atoms with van der Waals surface area (Å²) in [7, 11) is 2.89. The van der Waals surface area contributed by atoms with Crippen molar-refractivity contribution in [2.45, 2.75) is 13.5 Å². The summed E-state index contributed by atoms with van der Waals surface area (Å²) in [4.78, 5) is 16.4. The number of aromatic nitrogens is 2. The van der Waals surface area contributed by atoms with Crippen LogP contribution in [0.5, 0.6) is 11.5 Å². The van der Waals surface area contributed by atoms with Gasteiger partial charge < -0.3 is 24.5 Å². The highest BCUT2D eigenvalue weighted by molar-refractivity contribution is 6.13. The van der Waals surface area contributed by atoms with Crippen LogP contribution in [-0.4, -0.2) is 29.9 Å². The molecule has 2 aromatic carbocycles. The quantitative estimate of drug-likeness (QED) is 0.522. The molecule has 0 spiro atoms. The van der Waals surface area contributed by atoms with Crippen LogP contribution in [0.2, 0.25) is 0 Å². The summed E-state index contributed by atoms with van der Waals surface area (Å²) in [5, 5.41) is 1.69. The number of fused-ring (bicyclic) bond motifs is 3. The monoisotopic (exact) mass is 391 g/mol. The standard InChI is InChI=1S/C22H21N3O4/c1-13-20(29-22(26)28-3)19(23)18-16-6-4-5-7-17(16)25(21(18)24-13)12-14-8-10-15(27-2)11-9-14/h4-11H,12H2,1-3H3,(H2,23,24). The number of carbonyl (C=O) groups is 1. The molecule has 0 saturated heterocycles. The van der Waals surface area contributed by atoms with Crippen molar-refractivity contribution in [3.8, 4) is 11.5 Å². The zero-order chi connectivity index (χ0) is 20.5. The van der Waals surface area contributed by atoms with E-state index in [1.807, 2.05) is 48.5 Å². The molecule has 148 valence electrons. The Bertz CT molecular complexity index is 1210. The molecule has 0 radical (unpaired) electrons. The van der Waals surface area contributed by atoms with Crippen LogP contribution >= 0.6 is 0 Å². The molecule has 0 saturated carbocycles. The van der Waals surface area contributed by atoms with Gasteiger partial charge >= 0.3 is 6.16 Å². The number of hydrogen-bond acceptors (Lipinski definition) is 6. The maximum Gasteiger partial charge on any atom is 0.513 e. The number of hydrogen-bond donors (Lipinski definition) is 1. The first-order chi connectivity index (χ1) is 14.0. The number of anilines is 1. The first kappa shape index (κ1) is 18.6. The van der Waals surface area contributed by atoms with Gasteiger partial charge in [-0.25, -0.2) is 9.78 Å². The Morgan fingerprint density at radius 3 is 2.52 bits per heavy atom. The van der Waals surface area contributed by atoms with Crippen LogP contribution in [0.4, 0.5) is 10.5 Å². The molecule has 2 heterocycles. The lowest BCUT2D eigenvalue weighted by atomic mass is 10.1. The maximum absolute atomic E-state index is 11.6. The second kappa shape index (κ2) is 7.35. The number of carbonyl (C=O) groups excluding carboxylic acids is 1. The van der Waals surface area contributed by atoms with Crippen LogP contribution in [0.25, 0.3) is 21.9 Å². The predicted octanol–water partition coefficient (Wildman–Crippen LogP) is 4.28. The second-order valence-corrected chi connectivity index (χ2v) is 6.65. The van der Waals surface area contributed by atoms with Crippen molar-refractivity contribution in [1.29, 1.82) is 0 Å². The molecule has 0 aliphatic heterocycles. The first-order valence-corrected chi connectivity index (χ1v) is 9.09. The molecule has 0 atom stereocenters. The van der Waals surface area contributed by atoms with Gasteiger partial charge in [-0.3, -0.25) is 0 Å². The molecule has 29 heavy (non-hydrogen) atoms. The summed E-state index contributed by atoms with van der Waals surface area (Å²) in [5.41, 5.74) is 10.1. The molecule has 7 heteroatoms. The van der Waals surface area contributed by atoms with Crippen molar-refractivity contribution in [2.24, 2.45) is 0 Å². The zero-order valence-corrected chi connectivity index (χ0v) is 16.4. The molecule has 4 aromatic rings. The van der Waals surface area contributed by atoms with Crippen LogP contribution < -0.4 is 15.2 Å². The fourth-order valence-corrected chi connectivity index (χ4v) is 3.52. The summed E-state index contributed by atoms with van der Waals surface area (Å²) < 4.78 is 17.2. The van der Waals surface area contributed by atoms with E-state index in [4.69, 9.17) is 20.2 Å². The highest BCUT2D eigenvalue weighted by atomic mass is 16.7. The van der Waals surface area contributed by atoms with E-state index in [1.54, 1.807) is 14.0 Å². The van der Waals surface area contributed by atoms with E-state index in [2.05, 4.69) is 9.30 Å². The molecule has 0 aliphatic carbocycles. The fourth-order valence-electron chi connectivity index (χ4n) is 3.52. The van der Waals surface area contributed by atoms with Crippen molar-refractivity contribution in [3.63, 3.8) is 0 Å². The molecule has 0 bridgehead atoms. The van der Waals surface area contributed by atoms with Crippen LogP contribution in [0.1, 0.15) is 11.3 Å². The smallest absolute Gasteiger partial charge is 0.497 e. The first-order valence-electron chi connectivity index (χ1n) is 9.09. The van der Waals surface area contributed by atoms with Gasteiger partial charge in [0.1, 0.15) is 11.4 Å². The Labute approximate surface area is 167 Å². The van der Waals surface area contributed by atoms with E-state index >= 15 is 0 Å². The van der Waals surface area contributed by atoms with Crippen molar-refractivity contribution >= 4 is 33.8 Å². The van der Waals surface area contributed by atoms with Gasteiger partial charge in [-0.1, -0.05) is 30.3 Å². The molecule has 0 fully saturated rings. The minimum Gasteiger partial charge on any atom is -0.497 e. The van der Waals surface area contributed by atoms with Gasteiger partial charge in [0.15, 0.2) is 5.75 Å². The van der Waals surface area contributed by atoms with Gasteiger partial charge in [0.25, 0.3) is 0 Å². The van der Waals surface area contributed by atoms with E-state index in [0.717, 1.165) is 33.2 Å². The number of pyridine rings is 1. The second-order valence-electron chi connectivity index (χ2n) is 6.65. The minimum absolute atomic E-state index is 0.219. The molecule has 0 aliphatic rings. The third-order valence-electron chi connectivity index (χ3n) is 4.91. The van der Waals surface area contributed by atoms with E-state index in [0.29, 0.717) is 17.9 Å². The predicted molar refractivity (Wildman–Crippen MR) is 112 cm³/mol. The Morgan fingerprint density at radius 2 is 1.83 bits per heavy atom. The largest absolute Gasteiger partial charge is 0.513 e. The topological polar surface area (TPSA) is 88.6 Å². The average molecular weight is 391 g/mol. The number of nitrogens with zero attached hydrogens (tertiary/aromatic N) is 2. The molecular weight excluding hydrogens is 370 g/mol. The Balaban J connectivity index is 1.92. The number of rotatable bonds is 4. The summed E-state index contributed by atoms with van der Waals surface area (Å²) in [6.07, 6.45) is -0.831. The zero-order valence-electron chi connectivity index (χ0n) is 16.4. The van der Waals surface area contributed by atoms with Crippen LogP contribution in [0, 0.1) is 6.92 Å².